The number of hydrogen-bond acceptors (Lipinski definition) is 3. The zero-order valence-corrected chi connectivity index (χ0v) is 16.3. The van der Waals surface area contributed by atoms with E-state index in [4.69, 9.17) is 9.22 Å². The van der Waals surface area contributed by atoms with Crippen molar-refractivity contribution in [3.8, 4) is 11.3 Å². The molecule has 4 heteroatoms. The summed E-state index contributed by atoms with van der Waals surface area (Å²) in [6.45, 7) is 0.742. The Morgan fingerprint density at radius 3 is 2.52 bits per heavy atom. The molecule has 25 heavy (non-hydrogen) atoms. The summed E-state index contributed by atoms with van der Waals surface area (Å²) < 4.78 is 22.4. The SMILES string of the molecule is CC(=O)/C=C(/C)O.[2H]C([2H])([2H])c1ccc2ccc(-c3[c-]cccc3)nc2c1.[Ir]. The van der Waals surface area contributed by atoms with Crippen molar-refractivity contribution in [2.75, 3.05) is 0 Å². The summed E-state index contributed by atoms with van der Waals surface area (Å²) in [6, 6.07) is 19.6. The van der Waals surface area contributed by atoms with Gasteiger partial charge in [0, 0.05) is 30.3 Å². The number of aliphatic hydroxyl groups is 1. The number of allylic oxidation sites excluding steroid dienone is 2. The zero-order valence-electron chi connectivity index (χ0n) is 16.9. The number of aliphatic hydroxyl groups excluding tert-OH is 1. The number of carbonyl (C=O) groups is 1. The van der Waals surface area contributed by atoms with Gasteiger partial charge < -0.3 is 5.11 Å². The number of aromatic nitrogens is 1. The number of nitrogens with zero attached hydrogens (tertiary/aromatic N) is 1. The fourth-order valence-electron chi connectivity index (χ4n) is 2.11. The third kappa shape index (κ3) is 6.61. The van der Waals surface area contributed by atoms with E-state index in [1.165, 1.54) is 19.9 Å². The van der Waals surface area contributed by atoms with Crippen molar-refractivity contribution >= 4 is 16.7 Å². The van der Waals surface area contributed by atoms with Crippen LogP contribution in [0.2, 0.25) is 0 Å². The van der Waals surface area contributed by atoms with Crippen LogP contribution in [-0.4, -0.2) is 15.9 Å². The Morgan fingerprint density at radius 1 is 1.20 bits per heavy atom. The van der Waals surface area contributed by atoms with Crippen molar-refractivity contribution < 1.29 is 34.1 Å². The molecule has 3 rings (SSSR count). The number of fused-ring (bicyclic) bond motifs is 1. The molecule has 0 aliphatic heterocycles. The van der Waals surface area contributed by atoms with Gasteiger partial charge in [-0.15, -0.1) is 35.9 Å². The number of benzene rings is 2. The average molecular weight is 514 g/mol. The molecule has 0 saturated carbocycles. The Bertz CT molecular complexity index is 966. The Hall–Kier alpha value is -2.29. The summed E-state index contributed by atoms with van der Waals surface area (Å²) in [5, 5.41) is 9.29. The van der Waals surface area contributed by atoms with E-state index in [0.29, 0.717) is 11.1 Å². The predicted octanol–water partition coefficient (Wildman–Crippen LogP) is 5.05. The van der Waals surface area contributed by atoms with Gasteiger partial charge in [-0.25, -0.2) is 0 Å². The van der Waals surface area contributed by atoms with E-state index in [-0.39, 0.29) is 31.6 Å². The van der Waals surface area contributed by atoms with Crippen molar-refractivity contribution in [3.63, 3.8) is 0 Å². The summed E-state index contributed by atoms with van der Waals surface area (Å²) in [4.78, 5) is 14.6. The first-order valence-corrected chi connectivity index (χ1v) is 7.43. The molecule has 0 amide bonds. The van der Waals surface area contributed by atoms with Gasteiger partial charge in [0.1, 0.15) is 0 Å². The van der Waals surface area contributed by atoms with E-state index in [1.807, 2.05) is 36.4 Å². The Balaban J connectivity index is 0.000000425. The van der Waals surface area contributed by atoms with Gasteiger partial charge >= 0.3 is 0 Å². The van der Waals surface area contributed by atoms with Crippen LogP contribution in [0.5, 0.6) is 0 Å². The molecule has 0 saturated heterocycles. The first kappa shape index (κ1) is 16.2. The molecule has 2 aromatic carbocycles. The van der Waals surface area contributed by atoms with Gasteiger partial charge in [-0.2, -0.15) is 0 Å². The molecule has 0 unspecified atom stereocenters. The summed E-state index contributed by atoms with van der Waals surface area (Å²) >= 11 is 0. The van der Waals surface area contributed by atoms with Gasteiger partial charge in [-0.1, -0.05) is 24.3 Å². The van der Waals surface area contributed by atoms with Crippen LogP contribution in [-0.2, 0) is 24.9 Å². The van der Waals surface area contributed by atoms with E-state index in [0.717, 1.165) is 16.6 Å². The Morgan fingerprint density at radius 2 is 1.96 bits per heavy atom. The number of ketones is 1. The quantitative estimate of drug-likeness (QED) is 0.297. The van der Waals surface area contributed by atoms with Crippen molar-refractivity contribution in [2.45, 2.75) is 20.7 Å². The van der Waals surface area contributed by atoms with E-state index in [2.05, 4.69) is 11.1 Å². The zero-order chi connectivity index (χ0) is 20.0. The molecule has 3 aromatic rings. The van der Waals surface area contributed by atoms with Crippen LogP contribution >= 0.6 is 0 Å². The van der Waals surface area contributed by atoms with Gasteiger partial charge in [0.2, 0.25) is 0 Å². The number of rotatable bonds is 2. The van der Waals surface area contributed by atoms with Gasteiger partial charge in [-0.05, 0) is 43.4 Å². The normalized spacial score (nSPS) is 12.7. The Labute approximate surface area is 166 Å². The maximum atomic E-state index is 10.0. The molecule has 131 valence electrons. The summed E-state index contributed by atoms with van der Waals surface area (Å²) in [5.74, 6) is -0.0625. The second-order valence-electron chi connectivity index (χ2n) is 5.28. The monoisotopic (exact) mass is 514 g/mol. The molecule has 1 N–H and O–H groups in total. The smallest absolute Gasteiger partial charge is 0.155 e. The number of hydrogen-bond donors (Lipinski definition) is 1. The number of pyridine rings is 1. The molecular formula is C21H20IrNO2-. The predicted molar refractivity (Wildman–Crippen MR) is 97.8 cm³/mol. The third-order valence-electron chi connectivity index (χ3n) is 3.09. The third-order valence-corrected chi connectivity index (χ3v) is 3.09. The molecule has 0 spiro atoms. The van der Waals surface area contributed by atoms with Crippen molar-refractivity contribution in [2.24, 2.45) is 0 Å². The van der Waals surface area contributed by atoms with Crippen molar-refractivity contribution in [3.05, 3.63) is 78.1 Å². The van der Waals surface area contributed by atoms with Crippen LogP contribution in [0.3, 0.4) is 0 Å². The van der Waals surface area contributed by atoms with Crippen LogP contribution in [0.1, 0.15) is 23.5 Å². The summed E-state index contributed by atoms with van der Waals surface area (Å²) in [7, 11) is 0. The molecule has 1 radical (unpaired) electrons. The minimum absolute atomic E-state index is 0. The topological polar surface area (TPSA) is 50.2 Å². The van der Waals surface area contributed by atoms with Crippen LogP contribution < -0.4 is 0 Å². The molecule has 1 aromatic heterocycles. The van der Waals surface area contributed by atoms with E-state index < -0.39 is 6.85 Å². The van der Waals surface area contributed by atoms with Gasteiger partial charge in [0.15, 0.2) is 5.78 Å². The van der Waals surface area contributed by atoms with E-state index >= 15 is 0 Å². The molecule has 0 fully saturated rings. The number of aryl methyl sites for hydroxylation is 1. The fraction of sp³-hybridized carbons (Fsp3) is 0.143. The van der Waals surface area contributed by atoms with Gasteiger partial charge in [0.05, 0.1) is 11.3 Å². The standard InChI is InChI=1S/C16H12N.C5H8O2.Ir/c1-12-7-8-14-9-10-15(17-16(14)11-12)13-5-3-2-4-6-13;1-4(6)3-5(2)7;/h2-5,7-11H,1H3;3,6H,1-2H3;/q-1;;/b;4-3-;/i1D3;;. The summed E-state index contributed by atoms with van der Waals surface area (Å²) in [5.41, 5.74) is 2.69. The molecule has 0 aliphatic rings. The van der Waals surface area contributed by atoms with Crippen molar-refractivity contribution in [1.29, 1.82) is 0 Å². The van der Waals surface area contributed by atoms with Crippen LogP contribution in [0.4, 0.5) is 0 Å². The minimum Gasteiger partial charge on any atom is -0.512 e. The second-order valence-corrected chi connectivity index (χ2v) is 5.28. The first-order valence-electron chi connectivity index (χ1n) is 8.93. The molecule has 0 bridgehead atoms. The molecule has 1 heterocycles. The largest absolute Gasteiger partial charge is 0.512 e. The second kappa shape index (κ2) is 9.87. The maximum Gasteiger partial charge on any atom is 0.155 e. The fourth-order valence-corrected chi connectivity index (χ4v) is 2.11. The molecular weight excluding hydrogens is 490 g/mol. The number of carbonyl (C=O) groups excluding carboxylic acids is 1. The molecule has 0 atom stereocenters. The first-order chi connectivity index (χ1) is 12.7. The molecule has 0 aliphatic carbocycles. The Kier molecular flexibility index (Phi) is 6.39. The van der Waals surface area contributed by atoms with Crippen LogP contribution in [0.25, 0.3) is 22.2 Å². The van der Waals surface area contributed by atoms with Crippen molar-refractivity contribution in [1.82, 2.24) is 4.98 Å². The maximum absolute atomic E-state index is 10.0. The summed E-state index contributed by atoms with van der Waals surface area (Å²) in [6.07, 6.45) is 1.17. The van der Waals surface area contributed by atoms with Crippen LogP contribution in [0, 0.1) is 12.9 Å². The minimum atomic E-state index is -2.11. The van der Waals surface area contributed by atoms with E-state index in [1.54, 1.807) is 18.2 Å². The molecule has 3 nitrogen and oxygen atoms in total. The van der Waals surface area contributed by atoms with E-state index in [9.17, 15) is 4.79 Å². The average Bonchev–Trinajstić information content (AvgIpc) is 2.60. The van der Waals surface area contributed by atoms with Gasteiger partial charge in [-0.3, -0.25) is 9.78 Å². The van der Waals surface area contributed by atoms with Crippen LogP contribution in [0.15, 0.2) is 66.4 Å². The van der Waals surface area contributed by atoms with Gasteiger partial charge in [0.25, 0.3) is 0 Å².